The Bertz CT molecular complexity index is 447. The molecule has 80 valence electrons. The van der Waals surface area contributed by atoms with E-state index >= 15 is 0 Å². The van der Waals surface area contributed by atoms with Crippen molar-refractivity contribution in [3.63, 3.8) is 0 Å². The van der Waals surface area contributed by atoms with Gasteiger partial charge in [-0.25, -0.2) is 4.79 Å². The van der Waals surface area contributed by atoms with E-state index in [-0.39, 0.29) is 11.3 Å². The van der Waals surface area contributed by atoms with Gasteiger partial charge in [0, 0.05) is 0 Å². The number of halogens is 3. The van der Waals surface area contributed by atoms with Gasteiger partial charge in [0.1, 0.15) is 5.56 Å². The number of carbonyl (C=O) groups is 1. The zero-order chi connectivity index (χ0) is 11.2. The Morgan fingerprint density at radius 3 is 2.53 bits per heavy atom. The fourth-order valence-electron chi connectivity index (χ4n) is 1.16. The Hall–Kier alpha value is -1.12. The normalized spacial score (nSPS) is 16.5. The number of rotatable bonds is 1. The van der Waals surface area contributed by atoms with E-state index in [0.717, 1.165) is 0 Å². The molecule has 0 amide bonds. The largest absolute Gasteiger partial charge is 0.586 e. The lowest BCUT2D eigenvalue weighted by Gasteiger charge is -2.04. The minimum Gasteiger partial charge on any atom is -0.478 e. The fraction of sp³-hybridized carbons (Fsp3) is 0.125. The van der Waals surface area contributed by atoms with Crippen molar-refractivity contribution in [2.24, 2.45) is 0 Å². The number of carboxylic acids is 1. The Balaban J connectivity index is 2.60. The smallest absolute Gasteiger partial charge is 0.478 e. The van der Waals surface area contributed by atoms with Crippen molar-refractivity contribution in [2.45, 2.75) is 6.29 Å². The SMILES string of the molecule is O=C(O)c1ccc(I)c2c1OC(F)(F)O2. The first-order valence-corrected chi connectivity index (χ1v) is 4.80. The second-order valence-corrected chi connectivity index (χ2v) is 3.89. The molecule has 0 aliphatic carbocycles. The van der Waals surface area contributed by atoms with Gasteiger partial charge in [-0.1, -0.05) is 0 Å². The third-order valence-corrected chi connectivity index (χ3v) is 2.59. The summed E-state index contributed by atoms with van der Waals surface area (Å²) >= 11 is 1.75. The molecule has 1 heterocycles. The van der Waals surface area contributed by atoms with Crippen LogP contribution < -0.4 is 9.47 Å². The van der Waals surface area contributed by atoms with Gasteiger partial charge in [0.25, 0.3) is 0 Å². The highest BCUT2D eigenvalue weighted by Crippen LogP contribution is 2.45. The molecule has 4 nitrogen and oxygen atoms in total. The first-order valence-electron chi connectivity index (χ1n) is 3.72. The summed E-state index contributed by atoms with van der Waals surface area (Å²) in [6.45, 7) is 0. The van der Waals surface area contributed by atoms with Crippen molar-refractivity contribution >= 4 is 28.6 Å². The molecule has 0 saturated heterocycles. The summed E-state index contributed by atoms with van der Waals surface area (Å²) < 4.78 is 34.1. The lowest BCUT2D eigenvalue weighted by molar-refractivity contribution is -0.287. The van der Waals surface area contributed by atoms with Gasteiger partial charge < -0.3 is 14.6 Å². The van der Waals surface area contributed by atoms with Crippen LogP contribution in [0.25, 0.3) is 0 Å². The molecule has 0 radical (unpaired) electrons. The van der Waals surface area contributed by atoms with E-state index in [1.165, 1.54) is 12.1 Å². The second-order valence-electron chi connectivity index (χ2n) is 2.73. The summed E-state index contributed by atoms with van der Waals surface area (Å²) in [5, 5.41) is 8.73. The maximum atomic E-state index is 12.7. The summed E-state index contributed by atoms with van der Waals surface area (Å²) in [6.07, 6.45) is -3.80. The van der Waals surface area contributed by atoms with Gasteiger partial charge in [-0.3, -0.25) is 0 Å². The first kappa shape index (κ1) is 10.4. The number of aromatic carboxylic acids is 1. The molecule has 0 spiro atoms. The third kappa shape index (κ3) is 1.71. The quantitative estimate of drug-likeness (QED) is 0.804. The van der Waals surface area contributed by atoms with Crippen molar-refractivity contribution in [2.75, 3.05) is 0 Å². The van der Waals surface area contributed by atoms with Gasteiger partial charge in [-0.15, -0.1) is 8.78 Å². The summed E-state index contributed by atoms with van der Waals surface area (Å²) in [5.74, 6) is -2.01. The molecule has 0 atom stereocenters. The van der Waals surface area contributed by atoms with Crippen LogP contribution in [-0.2, 0) is 0 Å². The monoisotopic (exact) mass is 328 g/mol. The highest BCUT2D eigenvalue weighted by molar-refractivity contribution is 14.1. The number of hydrogen-bond acceptors (Lipinski definition) is 3. The summed E-state index contributed by atoms with van der Waals surface area (Å²) in [7, 11) is 0. The van der Waals surface area contributed by atoms with Crippen LogP contribution in [0.5, 0.6) is 11.5 Å². The summed E-state index contributed by atoms with van der Waals surface area (Å²) in [4.78, 5) is 10.7. The first-order chi connectivity index (χ1) is 6.91. The van der Waals surface area contributed by atoms with Crippen LogP contribution in [-0.4, -0.2) is 17.4 Å². The summed E-state index contributed by atoms with van der Waals surface area (Å²) in [5.41, 5.74) is -0.345. The predicted molar refractivity (Wildman–Crippen MR) is 52.3 cm³/mol. The topological polar surface area (TPSA) is 55.8 Å². The van der Waals surface area contributed by atoms with Crippen LogP contribution in [0.2, 0.25) is 0 Å². The van der Waals surface area contributed by atoms with Crippen LogP contribution in [0.1, 0.15) is 10.4 Å². The highest BCUT2D eigenvalue weighted by atomic mass is 127. The number of hydrogen-bond donors (Lipinski definition) is 1. The third-order valence-electron chi connectivity index (χ3n) is 1.74. The van der Waals surface area contributed by atoms with Crippen LogP contribution in [0.3, 0.4) is 0 Å². The molecule has 2 rings (SSSR count). The van der Waals surface area contributed by atoms with Gasteiger partial charge in [0.15, 0.2) is 11.5 Å². The maximum absolute atomic E-state index is 12.7. The van der Waals surface area contributed by atoms with Gasteiger partial charge in [0.05, 0.1) is 3.57 Å². The van der Waals surface area contributed by atoms with Gasteiger partial charge in [0.2, 0.25) is 0 Å². The van der Waals surface area contributed by atoms with E-state index in [1.54, 1.807) is 22.6 Å². The molecule has 0 bridgehead atoms. The molecule has 1 N–H and O–H groups in total. The molecule has 0 aromatic heterocycles. The van der Waals surface area contributed by atoms with Gasteiger partial charge in [-0.05, 0) is 34.7 Å². The molecule has 1 aliphatic rings. The number of alkyl halides is 2. The van der Waals surface area contributed by atoms with Crippen molar-refractivity contribution in [3.05, 3.63) is 21.3 Å². The molecule has 0 fully saturated rings. The Labute approximate surface area is 95.9 Å². The molecule has 1 aliphatic heterocycles. The Morgan fingerprint density at radius 2 is 1.93 bits per heavy atom. The molecule has 0 saturated carbocycles. The number of ether oxygens (including phenoxy) is 2. The van der Waals surface area contributed by atoms with Gasteiger partial charge >= 0.3 is 12.3 Å². The maximum Gasteiger partial charge on any atom is 0.586 e. The molecule has 1 aromatic rings. The fourth-order valence-corrected chi connectivity index (χ4v) is 1.70. The average Bonchev–Trinajstić information content (AvgIpc) is 2.41. The molecule has 1 aromatic carbocycles. The number of carboxylic acid groups (broad SMARTS) is 1. The van der Waals surface area contributed by atoms with Crippen LogP contribution in [0.4, 0.5) is 8.78 Å². The van der Waals surface area contributed by atoms with Crippen molar-refractivity contribution in [1.29, 1.82) is 0 Å². The van der Waals surface area contributed by atoms with Crippen LogP contribution in [0, 0.1) is 3.57 Å². The van der Waals surface area contributed by atoms with Crippen LogP contribution in [0.15, 0.2) is 12.1 Å². The van der Waals surface area contributed by atoms with Crippen LogP contribution >= 0.6 is 22.6 Å². The molecular weight excluding hydrogens is 325 g/mol. The predicted octanol–water partition coefficient (Wildman–Crippen LogP) is 2.31. The molecule has 7 heteroatoms. The van der Waals surface area contributed by atoms with E-state index in [2.05, 4.69) is 9.47 Å². The van der Waals surface area contributed by atoms with Crippen molar-refractivity contribution in [1.82, 2.24) is 0 Å². The van der Waals surface area contributed by atoms with E-state index < -0.39 is 18.0 Å². The lowest BCUT2D eigenvalue weighted by Crippen LogP contribution is -2.26. The Kier molecular flexibility index (Phi) is 2.21. The second kappa shape index (κ2) is 3.19. The summed E-state index contributed by atoms with van der Waals surface area (Å²) in [6, 6.07) is 2.56. The van der Waals surface area contributed by atoms with E-state index in [1.807, 2.05) is 0 Å². The Morgan fingerprint density at radius 1 is 1.33 bits per heavy atom. The standard InChI is InChI=1S/C8H3F2IO4/c9-8(10)14-5-3(7(12)13)1-2-4(11)6(5)15-8/h1-2H,(H,12,13). The average molecular weight is 328 g/mol. The highest BCUT2D eigenvalue weighted by Gasteiger charge is 2.46. The van der Waals surface area contributed by atoms with E-state index in [9.17, 15) is 13.6 Å². The van der Waals surface area contributed by atoms with E-state index in [4.69, 9.17) is 5.11 Å². The molecular formula is C8H3F2IO4. The molecule has 0 unspecified atom stereocenters. The number of benzene rings is 1. The van der Waals surface area contributed by atoms with Crippen molar-refractivity contribution in [3.8, 4) is 11.5 Å². The molecule has 15 heavy (non-hydrogen) atoms. The van der Waals surface area contributed by atoms with Gasteiger partial charge in [-0.2, -0.15) is 0 Å². The zero-order valence-corrected chi connectivity index (χ0v) is 9.12. The minimum atomic E-state index is -3.80. The van der Waals surface area contributed by atoms with Crippen molar-refractivity contribution < 1.29 is 28.2 Å². The zero-order valence-electron chi connectivity index (χ0n) is 6.96. The minimum absolute atomic E-state index is 0.236. The van der Waals surface area contributed by atoms with E-state index in [0.29, 0.717) is 3.57 Å². The lowest BCUT2D eigenvalue weighted by atomic mass is 10.2. The number of fused-ring (bicyclic) bond motifs is 1.